The highest BCUT2D eigenvalue weighted by Gasteiger charge is 2.28. The number of anilines is 1. The van der Waals surface area contributed by atoms with E-state index >= 15 is 0 Å². The van der Waals surface area contributed by atoms with Crippen LogP contribution in [-0.4, -0.2) is 24.1 Å². The molecule has 4 nitrogen and oxygen atoms in total. The van der Waals surface area contributed by atoms with Gasteiger partial charge >= 0.3 is 0 Å². The van der Waals surface area contributed by atoms with Crippen LogP contribution >= 0.6 is 11.6 Å². The molecule has 0 radical (unpaired) electrons. The van der Waals surface area contributed by atoms with Crippen LogP contribution in [-0.2, 0) is 0 Å². The van der Waals surface area contributed by atoms with Crippen LogP contribution in [0.3, 0.4) is 0 Å². The number of nitro groups is 1. The van der Waals surface area contributed by atoms with Crippen molar-refractivity contribution in [1.82, 2.24) is 0 Å². The zero-order valence-electron chi connectivity index (χ0n) is 8.80. The Kier molecular flexibility index (Phi) is 3.29. The normalized spacial score (nSPS) is 20.1. The van der Waals surface area contributed by atoms with Crippen molar-refractivity contribution in [3.05, 3.63) is 39.4 Å². The topological polar surface area (TPSA) is 46.4 Å². The maximum Gasteiger partial charge on any atom is 0.223 e. The number of rotatable bonds is 3. The molecular formula is C11H13ClN2O2. The minimum Gasteiger partial charge on any atom is -0.362 e. The molecule has 1 saturated heterocycles. The second-order valence-electron chi connectivity index (χ2n) is 3.98. The van der Waals surface area contributed by atoms with E-state index in [0.29, 0.717) is 5.02 Å². The summed E-state index contributed by atoms with van der Waals surface area (Å²) in [4.78, 5) is 12.4. The lowest BCUT2D eigenvalue weighted by Crippen LogP contribution is -2.34. The van der Waals surface area contributed by atoms with Crippen molar-refractivity contribution in [3.63, 3.8) is 0 Å². The molecule has 5 heteroatoms. The number of hydrogen-bond donors (Lipinski definition) is 0. The first-order valence-corrected chi connectivity index (χ1v) is 5.68. The van der Waals surface area contributed by atoms with Gasteiger partial charge in [-0.1, -0.05) is 11.6 Å². The molecule has 1 atom stereocenters. The lowest BCUT2D eigenvalue weighted by atomic mass is 10.2. The van der Waals surface area contributed by atoms with E-state index in [-0.39, 0.29) is 17.5 Å². The summed E-state index contributed by atoms with van der Waals surface area (Å²) in [6, 6.07) is 7.49. The number of hydrogen-bond acceptors (Lipinski definition) is 3. The van der Waals surface area contributed by atoms with E-state index in [4.69, 9.17) is 11.6 Å². The highest BCUT2D eigenvalue weighted by atomic mass is 35.5. The maximum absolute atomic E-state index is 10.5. The second kappa shape index (κ2) is 4.70. The van der Waals surface area contributed by atoms with Crippen LogP contribution in [0.4, 0.5) is 5.69 Å². The predicted molar refractivity (Wildman–Crippen MR) is 63.7 cm³/mol. The molecule has 1 unspecified atom stereocenters. The Hall–Kier alpha value is -1.29. The zero-order valence-corrected chi connectivity index (χ0v) is 9.56. The van der Waals surface area contributed by atoms with Gasteiger partial charge in [0.1, 0.15) is 0 Å². The first-order chi connectivity index (χ1) is 7.66. The molecule has 16 heavy (non-hydrogen) atoms. The Morgan fingerprint density at radius 1 is 1.44 bits per heavy atom. The van der Waals surface area contributed by atoms with Gasteiger partial charge in [-0.3, -0.25) is 10.1 Å². The van der Waals surface area contributed by atoms with Gasteiger partial charge in [-0.25, -0.2) is 0 Å². The van der Waals surface area contributed by atoms with Gasteiger partial charge in [0, 0.05) is 22.2 Å². The largest absolute Gasteiger partial charge is 0.362 e. The SMILES string of the molecule is O=[N+]([O-])CC1CCCN1c1ccc(Cl)cc1. The van der Waals surface area contributed by atoms with Gasteiger partial charge in [0.25, 0.3) is 0 Å². The molecular weight excluding hydrogens is 228 g/mol. The molecule has 0 saturated carbocycles. The fourth-order valence-electron chi connectivity index (χ4n) is 2.17. The Balaban J connectivity index is 2.13. The molecule has 86 valence electrons. The molecule has 0 spiro atoms. The zero-order chi connectivity index (χ0) is 11.5. The molecule has 0 amide bonds. The molecule has 1 heterocycles. The summed E-state index contributed by atoms with van der Waals surface area (Å²) in [5.41, 5.74) is 1.02. The molecule has 0 bridgehead atoms. The molecule has 1 aliphatic rings. The average molecular weight is 241 g/mol. The quantitative estimate of drug-likeness (QED) is 0.603. The maximum atomic E-state index is 10.5. The van der Waals surface area contributed by atoms with Crippen molar-refractivity contribution in [1.29, 1.82) is 0 Å². The fourth-order valence-corrected chi connectivity index (χ4v) is 2.30. The highest BCUT2D eigenvalue weighted by molar-refractivity contribution is 6.30. The van der Waals surface area contributed by atoms with Gasteiger partial charge in [-0.2, -0.15) is 0 Å². The standard InChI is InChI=1S/C11H13ClN2O2/c12-9-3-5-10(6-4-9)13-7-1-2-11(13)8-14(15)16/h3-6,11H,1-2,7-8H2. The molecule has 1 fully saturated rings. The van der Waals surface area contributed by atoms with Gasteiger partial charge in [0.05, 0.1) is 6.04 Å². The van der Waals surface area contributed by atoms with Crippen molar-refractivity contribution in [3.8, 4) is 0 Å². The third-order valence-corrected chi connectivity index (χ3v) is 3.15. The summed E-state index contributed by atoms with van der Waals surface area (Å²) in [7, 11) is 0. The molecule has 0 aliphatic carbocycles. The molecule has 0 N–H and O–H groups in total. The van der Waals surface area contributed by atoms with Crippen molar-refractivity contribution in [2.75, 3.05) is 18.0 Å². The summed E-state index contributed by atoms with van der Waals surface area (Å²) in [6.07, 6.45) is 1.91. The van der Waals surface area contributed by atoms with Gasteiger partial charge < -0.3 is 4.90 Å². The first-order valence-electron chi connectivity index (χ1n) is 5.31. The van der Waals surface area contributed by atoms with Crippen LogP contribution < -0.4 is 4.90 Å². The summed E-state index contributed by atoms with van der Waals surface area (Å²) in [5, 5.41) is 11.2. The number of halogens is 1. The fraction of sp³-hybridized carbons (Fsp3) is 0.455. The molecule has 0 aromatic heterocycles. The van der Waals surface area contributed by atoms with Gasteiger partial charge in [-0.15, -0.1) is 0 Å². The lowest BCUT2D eigenvalue weighted by Gasteiger charge is -2.23. The van der Waals surface area contributed by atoms with Crippen molar-refractivity contribution >= 4 is 17.3 Å². The van der Waals surface area contributed by atoms with E-state index in [2.05, 4.69) is 4.90 Å². The summed E-state index contributed by atoms with van der Waals surface area (Å²) in [6.45, 7) is 0.906. The smallest absolute Gasteiger partial charge is 0.223 e. The van der Waals surface area contributed by atoms with Gasteiger partial charge in [0.2, 0.25) is 6.54 Å². The predicted octanol–water partition coefficient (Wildman–Crippen LogP) is 2.59. The van der Waals surface area contributed by atoms with Gasteiger partial charge in [0.15, 0.2) is 0 Å². The van der Waals surface area contributed by atoms with Crippen LogP contribution in [0, 0.1) is 10.1 Å². The van der Waals surface area contributed by atoms with Crippen LogP contribution in [0.15, 0.2) is 24.3 Å². The third kappa shape index (κ3) is 2.44. The monoisotopic (exact) mass is 240 g/mol. The number of benzene rings is 1. The molecule has 1 aromatic carbocycles. The minimum atomic E-state index is -0.237. The molecule has 2 rings (SSSR count). The van der Waals surface area contributed by atoms with E-state index < -0.39 is 0 Å². The van der Waals surface area contributed by atoms with Crippen LogP contribution in [0.2, 0.25) is 5.02 Å². The van der Waals surface area contributed by atoms with Gasteiger partial charge in [-0.05, 0) is 37.1 Å². The average Bonchev–Trinajstić information content (AvgIpc) is 2.66. The van der Waals surface area contributed by atoms with E-state index in [1.165, 1.54) is 0 Å². The van der Waals surface area contributed by atoms with Crippen molar-refractivity contribution in [2.45, 2.75) is 18.9 Å². The van der Waals surface area contributed by atoms with Crippen LogP contribution in [0.5, 0.6) is 0 Å². The molecule has 1 aliphatic heterocycles. The summed E-state index contributed by atoms with van der Waals surface area (Å²) < 4.78 is 0. The van der Waals surface area contributed by atoms with Crippen LogP contribution in [0.25, 0.3) is 0 Å². The Labute approximate surface area is 99.0 Å². The molecule has 1 aromatic rings. The van der Waals surface area contributed by atoms with Crippen molar-refractivity contribution in [2.24, 2.45) is 0 Å². The van der Waals surface area contributed by atoms with E-state index in [9.17, 15) is 10.1 Å². The minimum absolute atomic E-state index is 0.0165. The van der Waals surface area contributed by atoms with E-state index in [0.717, 1.165) is 25.1 Å². The Morgan fingerprint density at radius 2 is 2.12 bits per heavy atom. The Morgan fingerprint density at radius 3 is 2.75 bits per heavy atom. The second-order valence-corrected chi connectivity index (χ2v) is 4.42. The summed E-state index contributed by atoms with van der Waals surface area (Å²) in [5.74, 6) is 0. The lowest BCUT2D eigenvalue weighted by molar-refractivity contribution is -0.482. The van der Waals surface area contributed by atoms with Crippen LogP contribution in [0.1, 0.15) is 12.8 Å². The first kappa shape index (κ1) is 11.2. The number of nitrogens with zero attached hydrogens (tertiary/aromatic N) is 2. The third-order valence-electron chi connectivity index (χ3n) is 2.90. The highest BCUT2D eigenvalue weighted by Crippen LogP contribution is 2.26. The van der Waals surface area contributed by atoms with Crippen molar-refractivity contribution < 1.29 is 4.92 Å². The summed E-state index contributed by atoms with van der Waals surface area (Å²) >= 11 is 5.81. The van der Waals surface area contributed by atoms with E-state index in [1.807, 2.05) is 24.3 Å². The Bertz CT molecular complexity index is 380. The van der Waals surface area contributed by atoms with E-state index in [1.54, 1.807) is 0 Å².